The number of rotatable bonds is 6. The largest absolute Gasteiger partial charge is 0.441 e. The second kappa shape index (κ2) is 5.98. The van der Waals surface area contributed by atoms with Gasteiger partial charge in [-0.1, -0.05) is 13.0 Å². The van der Waals surface area contributed by atoms with Crippen LogP contribution in [0.5, 0.6) is 0 Å². The van der Waals surface area contributed by atoms with E-state index in [4.69, 9.17) is 9.52 Å². The Morgan fingerprint density at radius 1 is 1.44 bits per heavy atom. The lowest BCUT2D eigenvalue weighted by atomic mass is 10.1. The average molecular weight is 248 g/mol. The number of nitrogens with one attached hydrogen (secondary N) is 1. The van der Waals surface area contributed by atoms with E-state index in [9.17, 15) is 0 Å². The molecule has 1 unspecified atom stereocenters. The topological polar surface area (TPSA) is 58.3 Å². The summed E-state index contributed by atoms with van der Waals surface area (Å²) in [5, 5.41) is 12.5. The van der Waals surface area contributed by atoms with E-state index in [1.165, 1.54) is 5.56 Å². The second-order valence-corrected chi connectivity index (χ2v) is 4.62. The van der Waals surface area contributed by atoms with E-state index >= 15 is 0 Å². The molecule has 0 saturated heterocycles. The summed E-state index contributed by atoms with van der Waals surface area (Å²) >= 11 is 0. The minimum Gasteiger partial charge on any atom is -0.441 e. The number of fused-ring (bicyclic) bond motifs is 1. The quantitative estimate of drug-likeness (QED) is 0.823. The summed E-state index contributed by atoms with van der Waals surface area (Å²) in [6.45, 7) is 5.80. The van der Waals surface area contributed by atoms with E-state index < -0.39 is 0 Å². The van der Waals surface area contributed by atoms with Crippen LogP contribution in [0.1, 0.15) is 24.8 Å². The maximum Gasteiger partial charge on any atom is 0.192 e. The third kappa shape index (κ3) is 3.09. The van der Waals surface area contributed by atoms with Crippen LogP contribution in [0.25, 0.3) is 11.1 Å². The van der Waals surface area contributed by atoms with Crippen molar-refractivity contribution in [3.63, 3.8) is 0 Å². The van der Waals surface area contributed by atoms with Gasteiger partial charge in [0.15, 0.2) is 11.5 Å². The summed E-state index contributed by atoms with van der Waals surface area (Å²) in [4.78, 5) is 4.27. The molecule has 1 atom stereocenters. The van der Waals surface area contributed by atoms with Crippen molar-refractivity contribution in [1.82, 2.24) is 10.3 Å². The molecule has 2 aromatic rings. The van der Waals surface area contributed by atoms with Crippen LogP contribution in [-0.4, -0.2) is 23.2 Å². The van der Waals surface area contributed by atoms with Gasteiger partial charge in [0.05, 0.1) is 0 Å². The van der Waals surface area contributed by atoms with Crippen molar-refractivity contribution in [1.29, 1.82) is 0 Å². The lowest BCUT2D eigenvalue weighted by molar-refractivity contribution is 0.218. The van der Waals surface area contributed by atoms with Crippen molar-refractivity contribution >= 4 is 11.1 Å². The molecular formula is C14H20N2O2. The fourth-order valence-electron chi connectivity index (χ4n) is 1.95. The zero-order valence-electron chi connectivity index (χ0n) is 10.9. The molecule has 0 radical (unpaired) electrons. The van der Waals surface area contributed by atoms with E-state index in [1.54, 1.807) is 0 Å². The van der Waals surface area contributed by atoms with Crippen LogP contribution < -0.4 is 5.32 Å². The molecule has 1 heterocycles. The minimum atomic E-state index is 0.240. The standard InChI is InChI=1S/C14H20N2O2/c1-3-11(9-17)7-15-8-12-4-5-13-14(6-12)18-10(2)16-13/h4-6,11,15,17H,3,7-9H2,1-2H3. The first kappa shape index (κ1) is 13.1. The number of aromatic nitrogens is 1. The summed E-state index contributed by atoms with van der Waals surface area (Å²) in [7, 11) is 0. The molecule has 0 spiro atoms. The molecule has 2 rings (SSSR count). The SMILES string of the molecule is CCC(CO)CNCc1ccc2nc(C)oc2c1. The first-order valence-corrected chi connectivity index (χ1v) is 6.40. The molecule has 0 fully saturated rings. The minimum absolute atomic E-state index is 0.240. The Morgan fingerprint density at radius 2 is 2.28 bits per heavy atom. The molecule has 4 nitrogen and oxygen atoms in total. The number of aliphatic hydroxyl groups is 1. The smallest absolute Gasteiger partial charge is 0.192 e. The molecule has 4 heteroatoms. The molecule has 2 N–H and O–H groups in total. The molecule has 0 amide bonds. The molecular weight excluding hydrogens is 228 g/mol. The average Bonchev–Trinajstić information content (AvgIpc) is 2.74. The third-order valence-electron chi connectivity index (χ3n) is 3.16. The van der Waals surface area contributed by atoms with Crippen LogP contribution in [0.15, 0.2) is 22.6 Å². The predicted molar refractivity (Wildman–Crippen MR) is 71.3 cm³/mol. The lowest BCUT2D eigenvalue weighted by Gasteiger charge is -2.12. The molecule has 0 aliphatic carbocycles. The zero-order valence-corrected chi connectivity index (χ0v) is 10.9. The van der Waals surface area contributed by atoms with Crippen LogP contribution in [0.3, 0.4) is 0 Å². The molecule has 18 heavy (non-hydrogen) atoms. The van der Waals surface area contributed by atoms with E-state index in [1.807, 2.05) is 19.1 Å². The second-order valence-electron chi connectivity index (χ2n) is 4.62. The first-order valence-electron chi connectivity index (χ1n) is 6.40. The van der Waals surface area contributed by atoms with Crippen molar-refractivity contribution in [2.75, 3.05) is 13.2 Å². The number of hydrogen-bond donors (Lipinski definition) is 2. The van der Waals surface area contributed by atoms with E-state index in [0.29, 0.717) is 11.8 Å². The summed E-state index contributed by atoms with van der Waals surface area (Å²) < 4.78 is 5.50. The van der Waals surface area contributed by atoms with Crippen molar-refractivity contribution in [3.8, 4) is 0 Å². The van der Waals surface area contributed by atoms with Crippen molar-refractivity contribution in [2.24, 2.45) is 5.92 Å². The molecule has 1 aromatic heterocycles. The number of hydrogen-bond acceptors (Lipinski definition) is 4. The highest BCUT2D eigenvalue weighted by molar-refractivity contribution is 5.73. The number of aliphatic hydroxyl groups excluding tert-OH is 1. The van der Waals surface area contributed by atoms with E-state index in [2.05, 4.69) is 23.3 Å². The van der Waals surface area contributed by atoms with Gasteiger partial charge in [0.1, 0.15) is 5.52 Å². The Hall–Kier alpha value is -1.39. The number of nitrogens with zero attached hydrogens (tertiary/aromatic N) is 1. The third-order valence-corrected chi connectivity index (χ3v) is 3.16. The molecule has 0 saturated carbocycles. The summed E-state index contributed by atoms with van der Waals surface area (Å²) in [5.74, 6) is 1.03. The van der Waals surface area contributed by atoms with Crippen LogP contribution in [0.4, 0.5) is 0 Å². The van der Waals surface area contributed by atoms with Crippen LogP contribution in [-0.2, 0) is 6.54 Å². The Kier molecular flexibility index (Phi) is 4.33. The van der Waals surface area contributed by atoms with Gasteiger partial charge in [0, 0.05) is 26.6 Å². The Bertz CT molecular complexity index is 503. The van der Waals surface area contributed by atoms with Crippen molar-refractivity contribution < 1.29 is 9.52 Å². The normalized spacial score (nSPS) is 13.1. The van der Waals surface area contributed by atoms with Crippen LogP contribution >= 0.6 is 0 Å². The van der Waals surface area contributed by atoms with Gasteiger partial charge in [0.25, 0.3) is 0 Å². The van der Waals surface area contributed by atoms with Crippen LogP contribution in [0.2, 0.25) is 0 Å². The van der Waals surface area contributed by atoms with Crippen molar-refractivity contribution in [2.45, 2.75) is 26.8 Å². The molecule has 0 bridgehead atoms. The number of oxazole rings is 1. The number of benzene rings is 1. The molecule has 1 aromatic carbocycles. The summed E-state index contributed by atoms with van der Waals surface area (Å²) in [5.41, 5.74) is 2.91. The fourth-order valence-corrected chi connectivity index (χ4v) is 1.95. The summed E-state index contributed by atoms with van der Waals surface area (Å²) in [6.07, 6.45) is 0.990. The lowest BCUT2D eigenvalue weighted by Crippen LogP contribution is -2.24. The van der Waals surface area contributed by atoms with Gasteiger partial charge in [0.2, 0.25) is 0 Å². The van der Waals surface area contributed by atoms with Gasteiger partial charge in [-0.05, 0) is 30.0 Å². The van der Waals surface area contributed by atoms with Gasteiger partial charge in [-0.2, -0.15) is 0 Å². The molecule has 98 valence electrons. The molecule has 0 aliphatic heterocycles. The first-order chi connectivity index (χ1) is 8.72. The van der Waals surface area contributed by atoms with Gasteiger partial charge in [-0.3, -0.25) is 0 Å². The Balaban J connectivity index is 1.95. The van der Waals surface area contributed by atoms with Gasteiger partial charge in [-0.15, -0.1) is 0 Å². The van der Waals surface area contributed by atoms with Gasteiger partial charge >= 0.3 is 0 Å². The highest BCUT2D eigenvalue weighted by atomic mass is 16.3. The Morgan fingerprint density at radius 3 is 3.00 bits per heavy atom. The summed E-state index contributed by atoms with van der Waals surface area (Å²) in [6, 6.07) is 6.05. The fraction of sp³-hybridized carbons (Fsp3) is 0.500. The predicted octanol–water partition coefficient (Wildman–Crippen LogP) is 2.24. The number of aryl methyl sites for hydroxylation is 1. The van der Waals surface area contributed by atoms with Crippen molar-refractivity contribution in [3.05, 3.63) is 29.7 Å². The van der Waals surface area contributed by atoms with Gasteiger partial charge in [-0.25, -0.2) is 4.98 Å². The van der Waals surface area contributed by atoms with Crippen LogP contribution in [0, 0.1) is 12.8 Å². The van der Waals surface area contributed by atoms with E-state index in [-0.39, 0.29) is 6.61 Å². The zero-order chi connectivity index (χ0) is 13.0. The monoisotopic (exact) mass is 248 g/mol. The Labute approximate surface area is 107 Å². The van der Waals surface area contributed by atoms with E-state index in [0.717, 1.165) is 30.6 Å². The molecule has 0 aliphatic rings. The highest BCUT2D eigenvalue weighted by Crippen LogP contribution is 2.16. The highest BCUT2D eigenvalue weighted by Gasteiger charge is 2.05. The maximum absolute atomic E-state index is 9.10. The van der Waals surface area contributed by atoms with Gasteiger partial charge < -0.3 is 14.8 Å². The maximum atomic E-state index is 9.10.